The molecule has 2 heterocycles. The third-order valence-electron chi connectivity index (χ3n) is 4.36. The molecule has 26 heavy (non-hydrogen) atoms. The number of nitrogens with zero attached hydrogens (tertiary/aromatic N) is 3. The average molecular weight is 342 g/mol. The number of aromatic nitrogens is 3. The Morgan fingerprint density at radius 3 is 2.42 bits per heavy atom. The van der Waals surface area contributed by atoms with Gasteiger partial charge in [0.15, 0.2) is 5.65 Å². The SMILES string of the molecule is CC(NC(=O)c1cnn2c(-c3ccccc3)ccnc12)c1ccccc1. The van der Waals surface area contributed by atoms with Gasteiger partial charge >= 0.3 is 0 Å². The number of hydrogen-bond acceptors (Lipinski definition) is 3. The zero-order valence-electron chi connectivity index (χ0n) is 14.3. The van der Waals surface area contributed by atoms with Crippen LogP contribution < -0.4 is 5.32 Å². The molecule has 4 rings (SSSR count). The number of nitrogens with one attached hydrogen (secondary N) is 1. The maximum Gasteiger partial charge on any atom is 0.257 e. The summed E-state index contributed by atoms with van der Waals surface area (Å²) in [6.45, 7) is 1.96. The molecule has 0 fully saturated rings. The Labute approximate surface area is 151 Å². The topological polar surface area (TPSA) is 59.3 Å². The van der Waals surface area contributed by atoms with E-state index in [-0.39, 0.29) is 11.9 Å². The lowest BCUT2D eigenvalue weighted by Crippen LogP contribution is -2.26. The van der Waals surface area contributed by atoms with Gasteiger partial charge in [-0.3, -0.25) is 4.79 Å². The Kier molecular flexibility index (Phi) is 4.19. The van der Waals surface area contributed by atoms with Crippen molar-refractivity contribution < 1.29 is 4.79 Å². The van der Waals surface area contributed by atoms with Crippen molar-refractivity contribution in [3.05, 3.63) is 90.3 Å². The largest absolute Gasteiger partial charge is 0.345 e. The van der Waals surface area contributed by atoms with E-state index in [4.69, 9.17) is 0 Å². The van der Waals surface area contributed by atoms with E-state index >= 15 is 0 Å². The lowest BCUT2D eigenvalue weighted by Gasteiger charge is -2.13. The lowest BCUT2D eigenvalue weighted by atomic mass is 10.1. The van der Waals surface area contributed by atoms with E-state index in [1.165, 1.54) is 0 Å². The molecular weight excluding hydrogens is 324 g/mol. The molecule has 0 aliphatic rings. The molecule has 0 aliphatic heterocycles. The fourth-order valence-corrected chi connectivity index (χ4v) is 2.98. The Morgan fingerprint density at radius 2 is 1.69 bits per heavy atom. The molecule has 1 N–H and O–H groups in total. The molecule has 0 saturated carbocycles. The second-order valence-corrected chi connectivity index (χ2v) is 6.10. The highest BCUT2D eigenvalue weighted by molar-refractivity contribution is 6.00. The highest BCUT2D eigenvalue weighted by atomic mass is 16.1. The van der Waals surface area contributed by atoms with Gasteiger partial charge in [0, 0.05) is 11.8 Å². The summed E-state index contributed by atoms with van der Waals surface area (Å²) in [6.07, 6.45) is 3.28. The predicted molar refractivity (Wildman–Crippen MR) is 101 cm³/mol. The normalized spacial score (nSPS) is 12.0. The molecule has 2 aromatic heterocycles. The van der Waals surface area contributed by atoms with Gasteiger partial charge in [-0.25, -0.2) is 9.50 Å². The van der Waals surface area contributed by atoms with Gasteiger partial charge in [-0.05, 0) is 18.6 Å². The molecule has 1 unspecified atom stereocenters. The van der Waals surface area contributed by atoms with Crippen molar-refractivity contribution in [1.29, 1.82) is 0 Å². The van der Waals surface area contributed by atoms with Crippen LogP contribution in [-0.2, 0) is 0 Å². The Balaban J connectivity index is 1.66. The van der Waals surface area contributed by atoms with Crippen LogP contribution in [0.1, 0.15) is 28.9 Å². The van der Waals surface area contributed by atoms with E-state index in [1.807, 2.05) is 73.7 Å². The lowest BCUT2D eigenvalue weighted by molar-refractivity contribution is 0.0941. The number of amides is 1. The van der Waals surface area contributed by atoms with E-state index in [0.29, 0.717) is 11.2 Å². The van der Waals surface area contributed by atoms with Crippen molar-refractivity contribution in [1.82, 2.24) is 19.9 Å². The Hall–Kier alpha value is -3.47. The van der Waals surface area contributed by atoms with Gasteiger partial charge in [0.05, 0.1) is 17.9 Å². The van der Waals surface area contributed by atoms with Crippen LogP contribution in [-0.4, -0.2) is 20.5 Å². The van der Waals surface area contributed by atoms with Crippen LogP contribution in [0.5, 0.6) is 0 Å². The summed E-state index contributed by atoms with van der Waals surface area (Å²) in [5.74, 6) is -0.186. The van der Waals surface area contributed by atoms with E-state index in [9.17, 15) is 4.79 Å². The van der Waals surface area contributed by atoms with Crippen LogP contribution in [0.2, 0.25) is 0 Å². The van der Waals surface area contributed by atoms with Gasteiger partial charge in [-0.15, -0.1) is 0 Å². The molecule has 0 saturated heterocycles. The predicted octanol–water partition coefficient (Wildman–Crippen LogP) is 3.89. The first kappa shape index (κ1) is 16.0. The highest BCUT2D eigenvalue weighted by Crippen LogP contribution is 2.21. The van der Waals surface area contributed by atoms with Crippen LogP contribution >= 0.6 is 0 Å². The first-order chi connectivity index (χ1) is 12.7. The van der Waals surface area contributed by atoms with Gasteiger partial charge in [-0.2, -0.15) is 5.10 Å². The van der Waals surface area contributed by atoms with Gasteiger partial charge < -0.3 is 5.32 Å². The Morgan fingerprint density at radius 1 is 1.00 bits per heavy atom. The third kappa shape index (κ3) is 2.95. The van der Waals surface area contributed by atoms with Gasteiger partial charge in [0.1, 0.15) is 5.56 Å². The first-order valence-corrected chi connectivity index (χ1v) is 8.48. The molecule has 5 nitrogen and oxygen atoms in total. The van der Waals surface area contributed by atoms with E-state index in [0.717, 1.165) is 16.8 Å². The van der Waals surface area contributed by atoms with E-state index in [1.54, 1.807) is 16.9 Å². The average Bonchev–Trinajstić information content (AvgIpc) is 3.13. The number of hydrogen-bond donors (Lipinski definition) is 1. The summed E-state index contributed by atoms with van der Waals surface area (Å²) in [6, 6.07) is 21.6. The minimum absolute atomic E-state index is 0.101. The molecule has 1 atom stereocenters. The molecule has 128 valence electrons. The van der Waals surface area contributed by atoms with E-state index in [2.05, 4.69) is 15.4 Å². The summed E-state index contributed by atoms with van der Waals surface area (Å²) in [5.41, 5.74) is 3.98. The molecule has 2 aromatic carbocycles. The molecule has 4 aromatic rings. The van der Waals surface area contributed by atoms with Gasteiger partial charge in [0.2, 0.25) is 0 Å². The number of fused-ring (bicyclic) bond motifs is 1. The number of carbonyl (C=O) groups is 1. The zero-order chi connectivity index (χ0) is 17.9. The summed E-state index contributed by atoms with van der Waals surface area (Å²) in [4.78, 5) is 17.1. The van der Waals surface area contributed by atoms with Crippen LogP contribution in [0, 0.1) is 0 Å². The fraction of sp³-hybridized carbons (Fsp3) is 0.0952. The molecule has 5 heteroatoms. The van der Waals surface area contributed by atoms with E-state index < -0.39 is 0 Å². The summed E-state index contributed by atoms with van der Waals surface area (Å²) in [7, 11) is 0. The van der Waals surface area contributed by atoms with Crippen LogP contribution in [0.15, 0.2) is 79.1 Å². The molecule has 0 bridgehead atoms. The highest BCUT2D eigenvalue weighted by Gasteiger charge is 2.18. The number of rotatable bonds is 4. The van der Waals surface area contributed by atoms with Crippen LogP contribution in [0.4, 0.5) is 0 Å². The summed E-state index contributed by atoms with van der Waals surface area (Å²) < 4.78 is 1.71. The molecule has 0 aliphatic carbocycles. The van der Waals surface area contributed by atoms with Crippen molar-refractivity contribution in [2.75, 3.05) is 0 Å². The minimum atomic E-state index is -0.186. The summed E-state index contributed by atoms with van der Waals surface area (Å²) in [5, 5.41) is 7.41. The van der Waals surface area contributed by atoms with Crippen molar-refractivity contribution in [3.8, 4) is 11.3 Å². The standard InChI is InChI=1S/C21H18N4O/c1-15(16-8-4-2-5-9-16)24-21(26)18-14-23-25-19(12-13-22-20(18)25)17-10-6-3-7-11-17/h2-15H,1H3,(H,24,26). The van der Waals surface area contributed by atoms with Crippen LogP contribution in [0.3, 0.4) is 0 Å². The molecule has 0 spiro atoms. The zero-order valence-corrected chi connectivity index (χ0v) is 14.3. The second kappa shape index (κ2) is 6.80. The molecule has 0 radical (unpaired) electrons. The smallest absolute Gasteiger partial charge is 0.257 e. The summed E-state index contributed by atoms with van der Waals surface area (Å²) >= 11 is 0. The van der Waals surface area contributed by atoms with Crippen molar-refractivity contribution in [3.63, 3.8) is 0 Å². The maximum absolute atomic E-state index is 12.7. The Bertz CT molecular complexity index is 1040. The van der Waals surface area contributed by atoms with Crippen LogP contribution in [0.25, 0.3) is 16.9 Å². The molecule has 1 amide bonds. The second-order valence-electron chi connectivity index (χ2n) is 6.10. The van der Waals surface area contributed by atoms with Crippen molar-refractivity contribution in [2.24, 2.45) is 0 Å². The number of carbonyl (C=O) groups excluding carboxylic acids is 1. The monoisotopic (exact) mass is 342 g/mol. The van der Waals surface area contributed by atoms with Gasteiger partial charge in [0.25, 0.3) is 5.91 Å². The number of benzene rings is 2. The van der Waals surface area contributed by atoms with Crippen molar-refractivity contribution >= 4 is 11.6 Å². The molecular formula is C21H18N4O. The fourth-order valence-electron chi connectivity index (χ4n) is 2.98. The van der Waals surface area contributed by atoms with Crippen molar-refractivity contribution in [2.45, 2.75) is 13.0 Å². The minimum Gasteiger partial charge on any atom is -0.345 e. The maximum atomic E-state index is 12.7. The first-order valence-electron chi connectivity index (χ1n) is 8.48. The van der Waals surface area contributed by atoms with Gasteiger partial charge in [-0.1, -0.05) is 60.7 Å². The quantitative estimate of drug-likeness (QED) is 0.612. The third-order valence-corrected chi connectivity index (χ3v) is 4.36.